The second-order valence-corrected chi connectivity index (χ2v) is 12.7. The monoisotopic (exact) mass is 494 g/mol. The number of imidazole rings is 1. The number of benzene rings is 1. The molecule has 1 aromatic carbocycles. The molecule has 196 valence electrons. The lowest BCUT2D eigenvalue weighted by Gasteiger charge is -2.67. The number of aliphatic hydroxyl groups excluding tert-OH is 2. The van der Waals surface area contributed by atoms with Crippen LogP contribution in [0.1, 0.15) is 102 Å². The first kappa shape index (κ1) is 24.6. The molecule has 2 aromatic rings. The number of hydrogen-bond acceptors (Lipinski definition) is 3. The molecule has 0 amide bonds. The van der Waals surface area contributed by atoms with Crippen molar-refractivity contribution in [2.24, 2.45) is 28.6 Å². The van der Waals surface area contributed by atoms with Gasteiger partial charge in [0, 0.05) is 17.7 Å². The molecule has 4 bridgehead atoms. The summed E-state index contributed by atoms with van der Waals surface area (Å²) in [6.07, 6.45) is 18.2. The lowest BCUT2D eigenvalue weighted by Crippen LogP contribution is -2.60. The molecule has 1 aliphatic heterocycles. The lowest BCUT2D eigenvalue weighted by atomic mass is 9.38. The van der Waals surface area contributed by atoms with Gasteiger partial charge in [-0.1, -0.05) is 44.7 Å². The highest BCUT2D eigenvalue weighted by molar-refractivity contribution is 5.69. The van der Waals surface area contributed by atoms with Crippen LogP contribution < -0.4 is 0 Å². The Balaban J connectivity index is 1.25. The molecule has 5 heteroatoms. The number of halogens is 1. The topological polar surface area (TPSA) is 58.3 Å². The third kappa shape index (κ3) is 3.79. The Morgan fingerprint density at radius 2 is 1.86 bits per heavy atom. The predicted octanol–water partition coefficient (Wildman–Crippen LogP) is 6.90. The Morgan fingerprint density at radius 3 is 2.61 bits per heavy atom. The van der Waals surface area contributed by atoms with Crippen LogP contribution in [0, 0.1) is 34.4 Å². The van der Waals surface area contributed by atoms with Gasteiger partial charge in [0.1, 0.15) is 5.82 Å². The normalized spacial score (nSPS) is 34.7. The van der Waals surface area contributed by atoms with Gasteiger partial charge < -0.3 is 14.8 Å². The fourth-order valence-electron chi connectivity index (χ4n) is 9.58. The van der Waals surface area contributed by atoms with Crippen molar-refractivity contribution in [3.63, 3.8) is 0 Å². The first-order valence-electron chi connectivity index (χ1n) is 14.6. The number of fused-ring (bicyclic) bond motifs is 3. The van der Waals surface area contributed by atoms with Gasteiger partial charge in [0.15, 0.2) is 0 Å². The summed E-state index contributed by atoms with van der Waals surface area (Å²) in [6.45, 7) is 2.56. The van der Waals surface area contributed by atoms with Crippen molar-refractivity contribution in [1.82, 2.24) is 9.55 Å². The minimum absolute atomic E-state index is 0.0443. The zero-order chi connectivity index (χ0) is 24.9. The van der Waals surface area contributed by atoms with Crippen molar-refractivity contribution in [3.8, 4) is 11.3 Å². The molecular weight excluding hydrogens is 451 g/mol. The van der Waals surface area contributed by atoms with Crippen LogP contribution in [0.25, 0.3) is 11.3 Å². The molecule has 0 spiro atoms. The number of nitrogens with zero attached hydrogens (tertiary/aromatic N) is 2. The van der Waals surface area contributed by atoms with E-state index in [2.05, 4.69) is 16.5 Å². The van der Waals surface area contributed by atoms with Crippen molar-refractivity contribution >= 4 is 0 Å². The molecule has 4 saturated carbocycles. The van der Waals surface area contributed by atoms with E-state index < -0.39 is 6.10 Å². The Bertz CT molecular complexity index is 1060. The van der Waals surface area contributed by atoms with Gasteiger partial charge in [0.05, 0.1) is 30.4 Å². The van der Waals surface area contributed by atoms with Gasteiger partial charge in [-0.25, -0.2) is 9.37 Å². The second kappa shape index (κ2) is 9.54. The average Bonchev–Trinajstić information content (AvgIpc) is 3.46. The Kier molecular flexibility index (Phi) is 6.52. The molecule has 0 radical (unpaired) electrons. The summed E-state index contributed by atoms with van der Waals surface area (Å²) in [4.78, 5) is 4.35. The van der Waals surface area contributed by atoms with Gasteiger partial charge in [-0.2, -0.15) is 0 Å². The summed E-state index contributed by atoms with van der Waals surface area (Å²) in [6, 6.07) is 5.12. The first-order chi connectivity index (χ1) is 17.5. The molecule has 4 unspecified atom stereocenters. The molecular formula is C31H43FN2O2. The van der Waals surface area contributed by atoms with Gasteiger partial charge in [-0.3, -0.25) is 0 Å². The van der Waals surface area contributed by atoms with E-state index in [4.69, 9.17) is 0 Å². The summed E-state index contributed by atoms with van der Waals surface area (Å²) < 4.78 is 17.1. The van der Waals surface area contributed by atoms with Crippen molar-refractivity contribution in [1.29, 1.82) is 0 Å². The standard InChI is InChI=1S/C31H43FN2O2/c1-2-3-4-5-10-31(11-7-12-35)22-13-21-14-23(31)18-30(16-21,17-22)28(36)15-26-29-24(8-6-9-25(29)32)27-19-33-20-34(26)27/h6,8-9,19-23,26,28,35-36H,2-5,7,10-18H2,1H3. The SMILES string of the molecule is CCCCCCC1(CCCO)C2CC3CC1CC(C(O)CC1c4c(F)cccc4-c4cncn41)(C3)C2. The number of aromatic nitrogens is 2. The van der Waals surface area contributed by atoms with Gasteiger partial charge >= 0.3 is 0 Å². The third-order valence-corrected chi connectivity index (χ3v) is 11.0. The first-order valence-corrected chi connectivity index (χ1v) is 14.6. The summed E-state index contributed by atoms with van der Waals surface area (Å²) in [7, 11) is 0. The quantitative estimate of drug-likeness (QED) is 0.334. The highest BCUT2D eigenvalue weighted by Gasteiger charge is 2.63. The highest BCUT2D eigenvalue weighted by atomic mass is 19.1. The molecule has 2 heterocycles. The largest absolute Gasteiger partial charge is 0.396 e. The van der Waals surface area contributed by atoms with E-state index in [-0.39, 0.29) is 23.9 Å². The number of aliphatic hydroxyl groups is 2. The van der Waals surface area contributed by atoms with Gasteiger partial charge in [-0.05, 0) is 92.4 Å². The van der Waals surface area contributed by atoms with Crippen LogP contribution in [-0.2, 0) is 0 Å². The van der Waals surface area contributed by atoms with E-state index in [0.717, 1.165) is 48.9 Å². The van der Waals surface area contributed by atoms with Gasteiger partial charge in [0.2, 0.25) is 0 Å². The van der Waals surface area contributed by atoms with E-state index >= 15 is 4.39 Å². The molecule has 4 atom stereocenters. The van der Waals surface area contributed by atoms with Crippen LogP contribution in [0.15, 0.2) is 30.7 Å². The Morgan fingerprint density at radius 1 is 1.08 bits per heavy atom. The van der Waals surface area contributed by atoms with Crippen LogP contribution in [-0.4, -0.2) is 32.5 Å². The number of unbranched alkanes of at least 4 members (excludes halogenated alkanes) is 3. The van der Waals surface area contributed by atoms with Crippen molar-refractivity contribution < 1.29 is 14.6 Å². The minimum Gasteiger partial charge on any atom is -0.396 e. The van der Waals surface area contributed by atoms with E-state index in [1.807, 2.05) is 18.6 Å². The van der Waals surface area contributed by atoms with Crippen LogP contribution in [0.3, 0.4) is 0 Å². The van der Waals surface area contributed by atoms with Gasteiger partial charge in [-0.15, -0.1) is 0 Å². The maximum Gasteiger partial charge on any atom is 0.129 e. The highest BCUT2D eigenvalue weighted by Crippen LogP contribution is 2.70. The lowest BCUT2D eigenvalue weighted by molar-refractivity contribution is -0.195. The minimum atomic E-state index is -0.438. The number of hydrogen-bond donors (Lipinski definition) is 2. The second-order valence-electron chi connectivity index (χ2n) is 12.7. The van der Waals surface area contributed by atoms with Gasteiger partial charge in [0.25, 0.3) is 0 Å². The molecule has 4 nitrogen and oxygen atoms in total. The van der Waals surface area contributed by atoms with E-state index in [1.165, 1.54) is 44.9 Å². The maximum absolute atomic E-state index is 15.1. The fraction of sp³-hybridized carbons (Fsp3) is 0.710. The smallest absolute Gasteiger partial charge is 0.129 e. The Labute approximate surface area is 215 Å². The summed E-state index contributed by atoms with van der Waals surface area (Å²) in [5.74, 6) is 1.85. The van der Waals surface area contributed by atoms with E-state index in [1.54, 1.807) is 12.1 Å². The molecule has 4 aliphatic carbocycles. The molecule has 4 fully saturated rings. The Hall–Kier alpha value is -1.72. The molecule has 1 aromatic heterocycles. The molecule has 36 heavy (non-hydrogen) atoms. The average molecular weight is 495 g/mol. The summed E-state index contributed by atoms with van der Waals surface area (Å²) in [5.41, 5.74) is 2.91. The van der Waals surface area contributed by atoms with E-state index in [0.29, 0.717) is 29.6 Å². The van der Waals surface area contributed by atoms with Crippen molar-refractivity contribution in [3.05, 3.63) is 42.1 Å². The van der Waals surface area contributed by atoms with Crippen LogP contribution in [0.4, 0.5) is 4.39 Å². The van der Waals surface area contributed by atoms with Crippen LogP contribution >= 0.6 is 0 Å². The van der Waals surface area contributed by atoms with Crippen LogP contribution in [0.5, 0.6) is 0 Å². The molecule has 0 saturated heterocycles. The van der Waals surface area contributed by atoms with Crippen molar-refractivity contribution in [2.45, 2.75) is 103 Å². The zero-order valence-corrected chi connectivity index (χ0v) is 21.8. The molecule has 2 N–H and O–H groups in total. The third-order valence-electron chi connectivity index (χ3n) is 11.0. The molecule has 7 rings (SSSR count). The zero-order valence-electron chi connectivity index (χ0n) is 21.8. The fourth-order valence-corrected chi connectivity index (χ4v) is 9.58. The van der Waals surface area contributed by atoms with Crippen LogP contribution in [0.2, 0.25) is 0 Å². The predicted molar refractivity (Wildman–Crippen MR) is 140 cm³/mol. The molecule has 5 aliphatic rings. The maximum atomic E-state index is 15.1. The van der Waals surface area contributed by atoms with E-state index in [9.17, 15) is 10.2 Å². The van der Waals surface area contributed by atoms with Crippen molar-refractivity contribution in [2.75, 3.05) is 6.61 Å². The number of rotatable bonds is 11. The summed E-state index contributed by atoms with van der Waals surface area (Å²) >= 11 is 0. The summed E-state index contributed by atoms with van der Waals surface area (Å²) in [5, 5.41) is 21.7.